The van der Waals surface area contributed by atoms with Crippen LogP contribution in [0, 0.1) is 27.7 Å². The number of aliphatic hydroxyl groups excluding tert-OH is 2. The zero-order valence-electron chi connectivity index (χ0n) is 12.8. The lowest BCUT2D eigenvalue weighted by molar-refractivity contribution is 0.102. The van der Waals surface area contributed by atoms with E-state index in [-0.39, 0.29) is 6.61 Å². The van der Waals surface area contributed by atoms with Gasteiger partial charge in [-0.25, -0.2) is 0 Å². The maximum absolute atomic E-state index is 10.5. The summed E-state index contributed by atoms with van der Waals surface area (Å²) in [6.07, 6.45) is -0.495. The second-order valence-electron chi connectivity index (χ2n) is 5.31. The van der Waals surface area contributed by atoms with Crippen LogP contribution in [0.2, 0.25) is 0 Å². The molecular formula is C16H27NO2. The quantitative estimate of drug-likeness (QED) is 0.829. The Labute approximate surface area is 116 Å². The van der Waals surface area contributed by atoms with E-state index >= 15 is 0 Å². The van der Waals surface area contributed by atoms with Crippen molar-refractivity contribution >= 4 is 0 Å². The number of aliphatic hydroxyl groups is 2. The molecule has 2 N–H and O–H groups in total. The van der Waals surface area contributed by atoms with Crippen LogP contribution in [-0.2, 0) is 0 Å². The highest BCUT2D eigenvalue weighted by molar-refractivity contribution is 5.45. The third kappa shape index (κ3) is 3.78. The highest BCUT2D eigenvalue weighted by Crippen LogP contribution is 2.27. The molecule has 0 saturated carbocycles. The fourth-order valence-electron chi connectivity index (χ4n) is 2.60. The van der Waals surface area contributed by atoms with Crippen molar-refractivity contribution in [2.75, 3.05) is 26.2 Å². The molecule has 0 spiro atoms. The lowest BCUT2D eigenvalue weighted by Crippen LogP contribution is -2.31. The van der Waals surface area contributed by atoms with Gasteiger partial charge in [0.15, 0.2) is 0 Å². The number of hydrogen-bond acceptors (Lipinski definition) is 3. The average molecular weight is 265 g/mol. The first-order valence-electron chi connectivity index (χ1n) is 7.00. The molecule has 0 heterocycles. The van der Waals surface area contributed by atoms with Gasteiger partial charge >= 0.3 is 0 Å². The van der Waals surface area contributed by atoms with Crippen molar-refractivity contribution < 1.29 is 10.2 Å². The van der Waals surface area contributed by atoms with E-state index in [2.05, 4.69) is 38.7 Å². The van der Waals surface area contributed by atoms with Crippen LogP contribution in [0.5, 0.6) is 0 Å². The molecule has 1 aromatic rings. The van der Waals surface area contributed by atoms with Gasteiger partial charge in [-0.2, -0.15) is 0 Å². The zero-order chi connectivity index (χ0) is 14.6. The van der Waals surface area contributed by atoms with E-state index in [0.29, 0.717) is 13.1 Å². The summed E-state index contributed by atoms with van der Waals surface area (Å²) in [6.45, 7) is 12.5. The van der Waals surface area contributed by atoms with Crippen LogP contribution in [0.4, 0.5) is 0 Å². The first-order valence-corrected chi connectivity index (χ1v) is 7.00. The topological polar surface area (TPSA) is 43.7 Å². The van der Waals surface area contributed by atoms with Crippen LogP contribution in [-0.4, -0.2) is 41.4 Å². The Bertz CT molecular complexity index is 403. The molecule has 0 bridgehead atoms. The van der Waals surface area contributed by atoms with E-state index < -0.39 is 6.10 Å². The van der Waals surface area contributed by atoms with Crippen molar-refractivity contribution in [1.82, 2.24) is 4.90 Å². The largest absolute Gasteiger partial charge is 0.395 e. The molecule has 0 radical (unpaired) electrons. The minimum atomic E-state index is -0.495. The van der Waals surface area contributed by atoms with Crippen LogP contribution in [0.15, 0.2) is 6.07 Å². The van der Waals surface area contributed by atoms with Gasteiger partial charge in [0.1, 0.15) is 0 Å². The fraction of sp³-hybridized carbons (Fsp3) is 0.625. The Hall–Kier alpha value is -0.900. The fourth-order valence-corrected chi connectivity index (χ4v) is 2.60. The van der Waals surface area contributed by atoms with Crippen molar-refractivity contribution in [3.63, 3.8) is 0 Å². The van der Waals surface area contributed by atoms with E-state index in [0.717, 1.165) is 12.1 Å². The highest BCUT2D eigenvalue weighted by Gasteiger charge is 2.18. The van der Waals surface area contributed by atoms with Crippen LogP contribution in [0.25, 0.3) is 0 Å². The maximum atomic E-state index is 10.5. The Kier molecular flexibility index (Phi) is 5.98. The number of nitrogens with zero attached hydrogens (tertiary/aromatic N) is 1. The summed E-state index contributed by atoms with van der Waals surface area (Å²) in [6, 6.07) is 2.17. The maximum Gasteiger partial charge on any atom is 0.0922 e. The summed E-state index contributed by atoms with van der Waals surface area (Å²) in [5, 5.41) is 19.6. The molecule has 0 aromatic heterocycles. The third-order valence-electron chi connectivity index (χ3n) is 4.05. The molecule has 0 saturated heterocycles. The molecule has 1 unspecified atom stereocenters. The van der Waals surface area contributed by atoms with Gasteiger partial charge in [-0.1, -0.05) is 13.0 Å². The molecule has 0 aliphatic rings. The van der Waals surface area contributed by atoms with E-state index in [4.69, 9.17) is 5.11 Å². The summed E-state index contributed by atoms with van der Waals surface area (Å²) in [5.74, 6) is 0. The molecule has 0 amide bonds. The van der Waals surface area contributed by atoms with Gasteiger partial charge in [0.2, 0.25) is 0 Å². The van der Waals surface area contributed by atoms with Gasteiger partial charge in [0.05, 0.1) is 12.7 Å². The zero-order valence-corrected chi connectivity index (χ0v) is 12.8. The smallest absolute Gasteiger partial charge is 0.0922 e. The van der Waals surface area contributed by atoms with E-state index in [9.17, 15) is 5.11 Å². The summed E-state index contributed by atoms with van der Waals surface area (Å²) in [7, 11) is 0. The molecule has 3 heteroatoms. The van der Waals surface area contributed by atoms with Gasteiger partial charge in [0.25, 0.3) is 0 Å². The summed E-state index contributed by atoms with van der Waals surface area (Å²) < 4.78 is 0. The summed E-state index contributed by atoms with van der Waals surface area (Å²) >= 11 is 0. The molecule has 0 fully saturated rings. The predicted octanol–water partition coefficient (Wildman–Crippen LogP) is 2.27. The SMILES string of the molecule is CCN(CCO)CC(O)c1c(C)c(C)cc(C)c1C. The molecular weight excluding hydrogens is 238 g/mol. The number of likely N-dealkylation sites (N-methyl/N-ethyl adjacent to an activating group) is 1. The molecule has 3 nitrogen and oxygen atoms in total. The van der Waals surface area contributed by atoms with Crippen molar-refractivity contribution in [3.8, 4) is 0 Å². The average Bonchev–Trinajstić information content (AvgIpc) is 2.36. The van der Waals surface area contributed by atoms with Crippen LogP contribution < -0.4 is 0 Å². The first kappa shape index (κ1) is 16.2. The van der Waals surface area contributed by atoms with Gasteiger partial charge in [0, 0.05) is 13.1 Å². The first-order chi connectivity index (χ1) is 8.92. The summed E-state index contributed by atoms with van der Waals surface area (Å²) in [5.41, 5.74) is 5.85. The molecule has 19 heavy (non-hydrogen) atoms. The Morgan fingerprint density at radius 3 is 2.05 bits per heavy atom. The standard InChI is InChI=1S/C16H27NO2/c1-6-17(7-8-18)10-15(19)16-13(4)11(2)9-12(3)14(16)5/h9,15,18-19H,6-8,10H2,1-5H3. The van der Waals surface area contributed by atoms with Crippen LogP contribution >= 0.6 is 0 Å². The van der Waals surface area contributed by atoms with Crippen molar-refractivity contribution in [1.29, 1.82) is 0 Å². The van der Waals surface area contributed by atoms with Gasteiger partial charge in [-0.05, 0) is 62.1 Å². The van der Waals surface area contributed by atoms with E-state index in [1.165, 1.54) is 22.3 Å². The monoisotopic (exact) mass is 265 g/mol. The number of benzene rings is 1. The number of rotatable bonds is 6. The van der Waals surface area contributed by atoms with Gasteiger partial charge in [-0.15, -0.1) is 0 Å². The molecule has 108 valence electrons. The number of aryl methyl sites for hydroxylation is 2. The molecule has 1 aromatic carbocycles. The second kappa shape index (κ2) is 7.04. The molecule has 0 aliphatic heterocycles. The second-order valence-corrected chi connectivity index (χ2v) is 5.31. The Morgan fingerprint density at radius 2 is 1.63 bits per heavy atom. The minimum Gasteiger partial charge on any atom is -0.395 e. The van der Waals surface area contributed by atoms with E-state index in [1.807, 2.05) is 6.92 Å². The van der Waals surface area contributed by atoms with Crippen molar-refractivity contribution in [2.45, 2.75) is 40.7 Å². The normalized spacial score (nSPS) is 13.1. The van der Waals surface area contributed by atoms with Gasteiger partial charge < -0.3 is 10.2 Å². The van der Waals surface area contributed by atoms with Crippen LogP contribution in [0.3, 0.4) is 0 Å². The third-order valence-corrected chi connectivity index (χ3v) is 4.05. The molecule has 1 rings (SSSR count). The van der Waals surface area contributed by atoms with E-state index in [1.54, 1.807) is 0 Å². The Balaban J connectivity index is 3.02. The molecule has 1 atom stereocenters. The number of hydrogen-bond donors (Lipinski definition) is 2. The summed E-state index contributed by atoms with van der Waals surface area (Å²) in [4.78, 5) is 2.07. The molecule has 0 aliphatic carbocycles. The lowest BCUT2D eigenvalue weighted by Gasteiger charge is -2.26. The lowest BCUT2D eigenvalue weighted by atomic mass is 9.91. The van der Waals surface area contributed by atoms with Gasteiger partial charge in [-0.3, -0.25) is 4.90 Å². The van der Waals surface area contributed by atoms with Crippen LogP contribution in [0.1, 0.15) is 40.8 Å². The van der Waals surface area contributed by atoms with Crippen molar-refractivity contribution in [3.05, 3.63) is 33.9 Å². The predicted molar refractivity (Wildman–Crippen MR) is 79.5 cm³/mol. The Morgan fingerprint density at radius 1 is 1.11 bits per heavy atom. The minimum absolute atomic E-state index is 0.130. The van der Waals surface area contributed by atoms with Crippen molar-refractivity contribution in [2.24, 2.45) is 0 Å². The highest BCUT2D eigenvalue weighted by atomic mass is 16.3.